The van der Waals surface area contributed by atoms with Gasteiger partial charge in [-0.2, -0.15) is 0 Å². The zero-order valence-electron chi connectivity index (χ0n) is 14.1. The van der Waals surface area contributed by atoms with Crippen molar-refractivity contribution < 1.29 is 18.7 Å². The predicted molar refractivity (Wildman–Crippen MR) is 104 cm³/mol. The van der Waals surface area contributed by atoms with Crippen LogP contribution in [0.2, 0.25) is 0 Å². The van der Waals surface area contributed by atoms with E-state index in [4.69, 9.17) is 13.9 Å². The minimum absolute atomic E-state index is 0.0788. The van der Waals surface area contributed by atoms with E-state index < -0.39 is 0 Å². The molecule has 0 N–H and O–H groups in total. The lowest BCUT2D eigenvalue weighted by molar-refractivity contribution is 0.104. The van der Waals surface area contributed by atoms with Crippen LogP contribution in [0.3, 0.4) is 0 Å². The third-order valence-corrected chi connectivity index (χ3v) is 4.18. The molecular weight excluding hydrogens is 396 g/mol. The molecule has 3 aromatic rings. The zero-order valence-corrected chi connectivity index (χ0v) is 15.7. The largest absolute Gasteiger partial charge is 0.497 e. The molecule has 1 heterocycles. The first-order valence-electron chi connectivity index (χ1n) is 7.97. The van der Waals surface area contributed by atoms with E-state index in [1.54, 1.807) is 31.4 Å². The van der Waals surface area contributed by atoms with E-state index in [1.807, 2.05) is 42.5 Å². The molecule has 0 unspecified atom stereocenters. The van der Waals surface area contributed by atoms with Crippen molar-refractivity contribution in [3.8, 4) is 11.5 Å². The second-order valence-corrected chi connectivity index (χ2v) is 6.39. The topological polar surface area (TPSA) is 48.7 Å². The summed E-state index contributed by atoms with van der Waals surface area (Å²) in [5.74, 6) is 2.70. The van der Waals surface area contributed by atoms with Crippen molar-refractivity contribution in [3.05, 3.63) is 88.3 Å². The highest BCUT2D eigenvalue weighted by Crippen LogP contribution is 2.19. The lowest BCUT2D eigenvalue weighted by atomic mass is 10.1. The Labute approximate surface area is 160 Å². The van der Waals surface area contributed by atoms with E-state index >= 15 is 0 Å². The monoisotopic (exact) mass is 412 g/mol. The molecule has 0 aliphatic rings. The molecule has 0 aliphatic heterocycles. The van der Waals surface area contributed by atoms with Gasteiger partial charge in [0.25, 0.3) is 0 Å². The van der Waals surface area contributed by atoms with Gasteiger partial charge in [0.05, 0.1) is 7.11 Å². The lowest BCUT2D eigenvalue weighted by Crippen LogP contribution is -1.94. The Kier molecular flexibility index (Phi) is 5.92. The second kappa shape index (κ2) is 8.54. The summed E-state index contributed by atoms with van der Waals surface area (Å²) in [6, 6.07) is 18.2. The highest BCUT2D eigenvalue weighted by atomic mass is 79.9. The van der Waals surface area contributed by atoms with E-state index in [1.165, 1.54) is 6.08 Å². The molecule has 0 fully saturated rings. The normalized spacial score (nSPS) is 10.8. The number of carbonyl (C=O) groups is 1. The van der Waals surface area contributed by atoms with Crippen LogP contribution in [0.15, 0.2) is 75.6 Å². The van der Waals surface area contributed by atoms with E-state index in [0.29, 0.717) is 23.7 Å². The third kappa shape index (κ3) is 4.86. The molecule has 0 bridgehead atoms. The van der Waals surface area contributed by atoms with Crippen LogP contribution < -0.4 is 9.47 Å². The Balaban J connectivity index is 1.56. The maximum Gasteiger partial charge on any atom is 0.185 e. The van der Waals surface area contributed by atoms with Gasteiger partial charge in [-0.1, -0.05) is 15.9 Å². The second-order valence-electron chi connectivity index (χ2n) is 5.47. The minimum Gasteiger partial charge on any atom is -0.497 e. The highest BCUT2D eigenvalue weighted by Gasteiger charge is 2.04. The van der Waals surface area contributed by atoms with E-state index in [-0.39, 0.29) is 5.78 Å². The number of allylic oxidation sites excluding steroid dienone is 1. The average molecular weight is 413 g/mol. The zero-order chi connectivity index (χ0) is 18.4. The van der Waals surface area contributed by atoms with Gasteiger partial charge in [-0.3, -0.25) is 4.79 Å². The summed E-state index contributed by atoms with van der Waals surface area (Å²) < 4.78 is 17.4. The summed E-state index contributed by atoms with van der Waals surface area (Å²) in [7, 11) is 1.62. The SMILES string of the molecule is COc1ccc(OCc2ccc(/C=C/C(=O)c3ccc(Br)cc3)o2)cc1. The van der Waals surface area contributed by atoms with Crippen LogP contribution in [-0.2, 0) is 6.61 Å². The standard InChI is InChI=1S/C21H17BrO4/c1-24-17-6-8-18(9-7-17)25-14-20-11-10-19(26-20)12-13-21(23)15-2-4-16(22)5-3-15/h2-13H,14H2,1H3/b13-12+. The summed E-state index contributed by atoms with van der Waals surface area (Å²) in [4.78, 5) is 12.1. The molecule has 0 amide bonds. The first-order valence-corrected chi connectivity index (χ1v) is 8.77. The Morgan fingerprint density at radius 2 is 1.69 bits per heavy atom. The van der Waals surface area contributed by atoms with Crippen molar-refractivity contribution >= 4 is 27.8 Å². The van der Waals surface area contributed by atoms with Gasteiger partial charge in [0.2, 0.25) is 0 Å². The van der Waals surface area contributed by atoms with Crippen LogP contribution in [0.1, 0.15) is 21.9 Å². The Morgan fingerprint density at radius 3 is 2.38 bits per heavy atom. The minimum atomic E-state index is -0.0788. The van der Waals surface area contributed by atoms with Crippen molar-refractivity contribution in [1.29, 1.82) is 0 Å². The molecule has 5 heteroatoms. The fourth-order valence-electron chi connectivity index (χ4n) is 2.26. The maximum atomic E-state index is 12.1. The number of methoxy groups -OCH3 is 1. The van der Waals surface area contributed by atoms with Crippen LogP contribution >= 0.6 is 15.9 Å². The number of hydrogen-bond donors (Lipinski definition) is 0. The number of furan rings is 1. The van der Waals surface area contributed by atoms with Gasteiger partial charge in [0.1, 0.15) is 29.6 Å². The smallest absolute Gasteiger partial charge is 0.185 e. The molecule has 132 valence electrons. The number of carbonyl (C=O) groups excluding carboxylic acids is 1. The average Bonchev–Trinajstić information content (AvgIpc) is 3.13. The van der Waals surface area contributed by atoms with Crippen LogP contribution in [0.25, 0.3) is 6.08 Å². The van der Waals surface area contributed by atoms with Crippen molar-refractivity contribution in [1.82, 2.24) is 0 Å². The van der Waals surface area contributed by atoms with Crippen molar-refractivity contribution in [3.63, 3.8) is 0 Å². The molecule has 1 aromatic heterocycles. The van der Waals surface area contributed by atoms with Gasteiger partial charge < -0.3 is 13.9 Å². The molecule has 26 heavy (non-hydrogen) atoms. The van der Waals surface area contributed by atoms with Crippen LogP contribution in [0, 0.1) is 0 Å². The van der Waals surface area contributed by atoms with Gasteiger partial charge in [-0.15, -0.1) is 0 Å². The van der Waals surface area contributed by atoms with Crippen molar-refractivity contribution in [2.75, 3.05) is 7.11 Å². The van der Waals surface area contributed by atoms with Gasteiger partial charge >= 0.3 is 0 Å². The first-order chi connectivity index (χ1) is 12.6. The molecule has 3 rings (SSSR count). The number of ketones is 1. The van der Waals surface area contributed by atoms with Crippen molar-refractivity contribution in [2.24, 2.45) is 0 Å². The Morgan fingerprint density at radius 1 is 1.00 bits per heavy atom. The molecule has 4 nitrogen and oxygen atoms in total. The molecule has 0 aliphatic carbocycles. The summed E-state index contributed by atoms with van der Waals surface area (Å²) >= 11 is 3.35. The Bertz CT molecular complexity index is 893. The third-order valence-electron chi connectivity index (χ3n) is 3.65. The van der Waals surface area contributed by atoms with Crippen molar-refractivity contribution in [2.45, 2.75) is 6.61 Å². The lowest BCUT2D eigenvalue weighted by Gasteiger charge is -2.05. The summed E-state index contributed by atoms with van der Waals surface area (Å²) in [5.41, 5.74) is 0.624. The number of halogens is 1. The number of ether oxygens (including phenoxy) is 2. The predicted octanol–water partition coefficient (Wildman–Crippen LogP) is 5.53. The molecule has 0 spiro atoms. The van der Waals surface area contributed by atoms with Gasteiger partial charge in [-0.25, -0.2) is 0 Å². The number of hydrogen-bond acceptors (Lipinski definition) is 4. The first kappa shape index (κ1) is 18.0. The van der Waals surface area contributed by atoms with Gasteiger partial charge in [-0.05, 0) is 72.8 Å². The van der Waals surface area contributed by atoms with E-state index in [9.17, 15) is 4.79 Å². The highest BCUT2D eigenvalue weighted by molar-refractivity contribution is 9.10. The van der Waals surface area contributed by atoms with E-state index in [0.717, 1.165) is 16.0 Å². The molecule has 0 radical (unpaired) electrons. The fraction of sp³-hybridized carbons (Fsp3) is 0.0952. The molecule has 0 saturated carbocycles. The van der Waals surface area contributed by atoms with Crippen LogP contribution in [-0.4, -0.2) is 12.9 Å². The van der Waals surface area contributed by atoms with Gasteiger partial charge in [0.15, 0.2) is 5.78 Å². The molecular formula is C21H17BrO4. The molecule has 0 atom stereocenters. The molecule has 2 aromatic carbocycles. The fourth-order valence-corrected chi connectivity index (χ4v) is 2.52. The van der Waals surface area contributed by atoms with Crippen LogP contribution in [0.5, 0.6) is 11.5 Å². The number of benzene rings is 2. The quantitative estimate of drug-likeness (QED) is 0.378. The number of rotatable bonds is 7. The Hall–Kier alpha value is -2.79. The maximum absolute atomic E-state index is 12.1. The van der Waals surface area contributed by atoms with Gasteiger partial charge in [0, 0.05) is 10.0 Å². The summed E-state index contributed by atoms with van der Waals surface area (Å²) in [6.07, 6.45) is 3.15. The van der Waals surface area contributed by atoms with Crippen LogP contribution in [0.4, 0.5) is 0 Å². The summed E-state index contributed by atoms with van der Waals surface area (Å²) in [6.45, 7) is 0.306. The van der Waals surface area contributed by atoms with E-state index in [2.05, 4.69) is 15.9 Å². The molecule has 0 saturated heterocycles. The summed E-state index contributed by atoms with van der Waals surface area (Å²) in [5, 5.41) is 0.